The van der Waals surface area contributed by atoms with Crippen molar-refractivity contribution in [3.8, 4) is 5.82 Å². The molecule has 1 N–H and O–H groups in total. The summed E-state index contributed by atoms with van der Waals surface area (Å²) in [7, 11) is 1.57. The number of rotatable bonds is 5. The Hall–Kier alpha value is -3.49. The molecule has 0 aromatic carbocycles. The van der Waals surface area contributed by atoms with Crippen LogP contribution >= 0.6 is 0 Å². The Balaban J connectivity index is 1.81. The van der Waals surface area contributed by atoms with E-state index in [4.69, 9.17) is 4.74 Å². The van der Waals surface area contributed by atoms with Crippen molar-refractivity contribution < 1.29 is 14.3 Å². The van der Waals surface area contributed by atoms with E-state index in [9.17, 15) is 9.59 Å². The van der Waals surface area contributed by atoms with Gasteiger partial charge in [-0.1, -0.05) is 6.07 Å². The molecule has 0 radical (unpaired) electrons. The van der Waals surface area contributed by atoms with E-state index in [1.807, 2.05) is 18.2 Å². The number of pyridine rings is 1. The molecule has 0 atom stereocenters. The minimum atomic E-state index is -0.597. The van der Waals surface area contributed by atoms with Gasteiger partial charge < -0.3 is 10.1 Å². The van der Waals surface area contributed by atoms with Gasteiger partial charge in [-0.2, -0.15) is 5.10 Å². The maximum absolute atomic E-state index is 12.5. The molecule has 9 nitrogen and oxygen atoms in total. The number of imidazole rings is 1. The first-order valence-corrected chi connectivity index (χ1v) is 7.56. The molecule has 128 valence electrons. The maximum Gasteiger partial charge on any atom is 0.342 e. The van der Waals surface area contributed by atoms with Crippen LogP contribution in [0, 0.1) is 0 Å². The number of aromatic nitrogens is 5. The summed E-state index contributed by atoms with van der Waals surface area (Å²) >= 11 is 0. The van der Waals surface area contributed by atoms with Crippen LogP contribution in [0.1, 0.15) is 27.8 Å². The number of hydrogen-bond donors (Lipinski definition) is 1. The molecule has 0 aliphatic heterocycles. The lowest BCUT2D eigenvalue weighted by Gasteiger charge is -2.05. The van der Waals surface area contributed by atoms with Gasteiger partial charge in [-0.3, -0.25) is 14.0 Å². The molecule has 0 spiro atoms. The molecule has 1 amide bonds. The van der Waals surface area contributed by atoms with Crippen LogP contribution in [0.5, 0.6) is 0 Å². The second kappa shape index (κ2) is 6.95. The highest BCUT2D eigenvalue weighted by Gasteiger charge is 2.23. The average molecular weight is 340 g/mol. The summed E-state index contributed by atoms with van der Waals surface area (Å²) in [4.78, 5) is 32.8. The molecule has 0 bridgehead atoms. The van der Waals surface area contributed by atoms with Gasteiger partial charge in [0.05, 0.1) is 19.0 Å². The Morgan fingerprint density at radius 1 is 1.28 bits per heavy atom. The highest BCUT2D eigenvalue weighted by Crippen LogP contribution is 2.14. The predicted molar refractivity (Wildman–Crippen MR) is 88.5 cm³/mol. The summed E-state index contributed by atoms with van der Waals surface area (Å²) in [6.07, 6.45) is 6.13. The number of carbonyl (C=O) groups excluding carboxylic acids is 2. The van der Waals surface area contributed by atoms with E-state index in [2.05, 4.69) is 20.4 Å². The van der Waals surface area contributed by atoms with E-state index in [0.717, 1.165) is 0 Å². The van der Waals surface area contributed by atoms with Crippen molar-refractivity contribution in [1.29, 1.82) is 0 Å². The fourth-order valence-corrected chi connectivity index (χ4v) is 2.26. The predicted octanol–water partition coefficient (Wildman–Crippen LogP) is 1.43. The van der Waals surface area contributed by atoms with Gasteiger partial charge in [0.25, 0.3) is 5.91 Å². The number of aryl methyl sites for hydroxylation is 1. The fourth-order valence-electron chi connectivity index (χ4n) is 2.26. The Morgan fingerprint density at radius 3 is 2.84 bits per heavy atom. The van der Waals surface area contributed by atoms with E-state index in [-0.39, 0.29) is 17.9 Å². The smallest absolute Gasteiger partial charge is 0.342 e. The summed E-state index contributed by atoms with van der Waals surface area (Å²) in [5.74, 6) is -0.107. The zero-order chi connectivity index (χ0) is 17.8. The zero-order valence-corrected chi connectivity index (χ0v) is 13.7. The number of hydrogen-bond acceptors (Lipinski definition) is 6. The molecular formula is C16H16N6O3. The topological polar surface area (TPSA) is 104 Å². The lowest BCUT2D eigenvalue weighted by Crippen LogP contribution is -2.20. The second-order valence-corrected chi connectivity index (χ2v) is 5.06. The van der Waals surface area contributed by atoms with Crippen LogP contribution in [-0.4, -0.2) is 42.8 Å². The molecule has 9 heteroatoms. The van der Waals surface area contributed by atoms with Crippen molar-refractivity contribution >= 4 is 17.7 Å². The van der Waals surface area contributed by atoms with Crippen LogP contribution < -0.4 is 5.32 Å². The number of nitrogens with one attached hydrogen (secondary N) is 1. The van der Waals surface area contributed by atoms with Crippen molar-refractivity contribution in [2.75, 3.05) is 11.9 Å². The van der Waals surface area contributed by atoms with Gasteiger partial charge in [-0.25, -0.2) is 14.8 Å². The molecule has 0 fully saturated rings. The summed E-state index contributed by atoms with van der Waals surface area (Å²) in [5, 5.41) is 6.60. The molecule has 25 heavy (non-hydrogen) atoms. The van der Waals surface area contributed by atoms with Gasteiger partial charge in [0, 0.05) is 13.2 Å². The van der Waals surface area contributed by atoms with Crippen LogP contribution in [0.15, 0.2) is 43.1 Å². The molecule has 0 saturated carbocycles. The number of ether oxygens (including phenoxy) is 1. The van der Waals surface area contributed by atoms with Crippen LogP contribution in [0.4, 0.5) is 5.82 Å². The first-order valence-electron chi connectivity index (χ1n) is 7.56. The normalized spacial score (nSPS) is 10.5. The summed E-state index contributed by atoms with van der Waals surface area (Å²) in [6, 6.07) is 5.47. The van der Waals surface area contributed by atoms with Gasteiger partial charge in [0.1, 0.15) is 23.4 Å². The molecule has 0 saturated heterocycles. The minimum absolute atomic E-state index is 0.103. The first kappa shape index (κ1) is 16.4. The summed E-state index contributed by atoms with van der Waals surface area (Å²) < 4.78 is 7.93. The highest BCUT2D eigenvalue weighted by molar-refractivity contribution is 6.09. The van der Waals surface area contributed by atoms with E-state index < -0.39 is 11.9 Å². The Kier molecular flexibility index (Phi) is 4.55. The van der Waals surface area contributed by atoms with Gasteiger partial charge in [0.15, 0.2) is 5.82 Å². The third kappa shape index (κ3) is 3.39. The number of carbonyl (C=O) groups is 2. The number of esters is 1. The van der Waals surface area contributed by atoms with Crippen LogP contribution in [0.2, 0.25) is 0 Å². The molecule has 3 aromatic rings. The van der Waals surface area contributed by atoms with E-state index >= 15 is 0 Å². The van der Waals surface area contributed by atoms with Crippen LogP contribution in [0.3, 0.4) is 0 Å². The van der Waals surface area contributed by atoms with Crippen LogP contribution in [-0.2, 0) is 11.8 Å². The van der Waals surface area contributed by atoms with Crippen molar-refractivity contribution in [2.45, 2.75) is 6.92 Å². The van der Waals surface area contributed by atoms with Crippen molar-refractivity contribution in [1.82, 2.24) is 24.3 Å². The fraction of sp³-hybridized carbons (Fsp3) is 0.188. The minimum Gasteiger partial charge on any atom is -0.462 e. The van der Waals surface area contributed by atoms with Gasteiger partial charge in [-0.15, -0.1) is 0 Å². The first-order chi connectivity index (χ1) is 12.1. The third-order valence-corrected chi connectivity index (χ3v) is 3.39. The highest BCUT2D eigenvalue weighted by atomic mass is 16.5. The lowest BCUT2D eigenvalue weighted by atomic mass is 10.2. The van der Waals surface area contributed by atoms with Crippen molar-refractivity contribution in [3.63, 3.8) is 0 Å². The SMILES string of the molecule is CCOC(=O)c1cnn(C)c1C(=O)Nc1cn(-c2ccccn2)cn1. The number of amides is 1. The summed E-state index contributed by atoms with van der Waals surface area (Å²) in [5.41, 5.74) is 0.205. The lowest BCUT2D eigenvalue weighted by molar-refractivity contribution is 0.0523. The second-order valence-electron chi connectivity index (χ2n) is 5.06. The molecule has 3 rings (SSSR count). The Morgan fingerprint density at radius 2 is 2.12 bits per heavy atom. The van der Waals surface area contributed by atoms with Gasteiger partial charge in [-0.05, 0) is 19.1 Å². The average Bonchev–Trinajstić information content (AvgIpc) is 3.22. The number of anilines is 1. The standard InChI is InChI=1S/C16H16N6O3/c1-3-25-16(24)11-8-19-21(2)14(11)15(23)20-12-9-22(10-18-12)13-6-4-5-7-17-13/h4-10H,3H2,1-2H3,(H,20,23). The van der Waals surface area contributed by atoms with E-state index in [1.165, 1.54) is 17.2 Å². The van der Waals surface area contributed by atoms with Gasteiger partial charge >= 0.3 is 5.97 Å². The van der Waals surface area contributed by atoms with E-state index in [1.54, 1.807) is 30.9 Å². The van der Waals surface area contributed by atoms with Crippen molar-refractivity contribution in [3.05, 3.63) is 54.4 Å². The largest absolute Gasteiger partial charge is 0.462 e. The molecular weight excluding hydrogens is 324 g/mol. The van der Waals surface area contributed by atoms with Crippen LogP contribution in [0.25, 0.3) is 5.82 Å². The quantitative estimate of drug-likeness (QED) is 0.705. The van der Waals surface area contributed by atoms with Crippen molar-refractivity contribution in [2.24, 2.45) is 7.05 Å². The molecule has 0 aliphatic rings. The zero-order valence-electron chi connectivity index (χ0n) is 13.7. The monoisotopic (exact) mass is 340 g/mol. The Bertz CT molecular complexity index is 900. The molecule has 3 heterocycles. The molecule has 0 unspecified atom stereocenters. The van der Waals surface area contributed by atoms with Gasteiger partial charge in [0.2, 0.25) is 0 Å². The maximum atomic E-state index is 12.5. The molecule has 0 aliphatic carbocycles. The Labute approximate surface area is 143 Å². The van der Waals surface area contributed by atoms with E-state index in [0.29, 0.717) is 11.6 Å². The summed E-state index contributed by atoms with van der Waals surface area (Å²) in [6.45, 7) is 1.90. The molecule has 3 aromatic heterocycles. The number of nitrogens with zero attached hydrogens (tertiary/aromatic N) is 5. The third-order valence-electron chi connectivity index (χ3n) is 3.39.